The predicted molar refractivity (Wildman–Crippen MR) is 88.1 cm³/mol. The van der Waals surface area contributed by atoms with E-state index in [4.69, 9.17) is 0 Å². The highest BCUT2D eigenvalue weighted by Crippen LogP contribution is 2.37. The lowest BCUT2D eigenvalue weighted by Gasteiger charge is -2.38. The van der Waals surface area contributed by atoms with Crippen LogP contribution >= 0.6 is 0 Å². The van der Waals surface area contributed by atoms with Crippen molar-refractivity contribution in [2.45, 2.75) is 71.6 Å². The standard InChI is InChI=1S/C18H36N2/c1-3-13-20(14-17-9-10-17)16-18(15-19-4-2)11-7-5-6-8-12-18/h17,19H,3-16H2,1-2H3. The van der Waals surface area contributed by atoms with Crippen LogP contribution in [0.5, 0.6) is 0 Å². The summed E-state index contributed by atoms with van der Waals surface area (Å²) in [6.45, 7) is 11.0. The van der Waals surface area contributed by atoms with Crippen molar-refractivity contribution in [1.29, 1.82) is 0 Å². The maximum absolute atomic E-state index is 3.68. The molecule has 0 saturated heterocycles. The highest BCUT2D eigenvalue weighted by atomic mass is 15.1. The maximum atomic E-state index is 3.68. The average Bonchev–Trinajstić information content (AvgIpc) is 3.25. The third kappa shape index (κ3) is 5.37. The first-order valence-electron chi connectivity index (χ1n) is 9.21. The monoisotopic (exact) mass is 280 g/mol. The first-order chi connectivity index (χ1) is 9.78. The summed E-state index contributed by atoms with van der Waals surface area (Å²) in [6.07, 6.45) is 13.0. The van der Waals surface area contributed by atoms with Crippen molar-refractivity contribution < 1.29 is 0 Å². The Morgan fingerprint density at radius 1 is 1.05 bits per heavy atom. The van der Waals surface area contributed by atoms with Gasteiger partial charge in [0.2, 0.25) is 0 Å². The minimum atomic E-state index is 0.566. The molecule has 2 fully saturated rings. The minimum Gasteiger partial charge on any atom is -0.316 e. The normalized spacial score (nSPS) is 22.9. The Labute approximate surface area is 126 Å². The molecule has 2 aliphatic rings. The topological polar surface area (TPSA) is 15.3 Å². The quantitative estimate of drug-likeness (QED) is 0.641. The molecule has 0 unspecified atom stereocenters. The molecule has 0 spiro atoms. The van der Waals surface area contributed by atoms with Gasteiger partial charge in [-0.05, 0) is 56.5 Å². The third-order valence-corrected chi connectivity index (χ3v) is 5.23. The second-order valence-electron chi connectivity index (χ2n) is 7.37. The van der Waals surface area contributed by atoms with Crippen LogP contribution in [-0.2, 0) is 0 Å². The molecule has 2 rings (SSSR count). The van der Waals surface area contributed by atoms with Gasteiger partial charge in [-0.3, -0.25) is 0 Å². The Kier molecular flexibility index (Phi) is 6.83. The second kappa shape index (κ2) is 8.38. The highest BCUT2D eigenvalue weighted by Gasteiger charge is 2.34. The van der Waals surface area contributed by atoms with Crippen molar-refractivity contribution in [3.63, 3.8) is 0 Å². The van der Waals surface area contributed by atoms with Crippen LogP contribution in [0, 0.1) is 11.3 Å². The van der Waals surface area contributed by atoms with Gasteiger partial charge in [-0.15, -0.1) is 0 Å². The molecule has 0 heterocycles. The molecule has 0 atom stereocenters. The third-order valence-electron chi connectivity index (χ3n) is 5.23. The van der Waals surface area contributed by atoms with Crippen LogP contribution < -0.4 is 5.32 Å². The van der Waals surface area contributed by atoms with Crippen LogP contribution in [0.25, 0.3) is 0 Å². The maximum Gasteiger partial charge on any atom is 0.00503 e. The Hall–Kier alpha value is -0.0800. The number of nitrogens with zero attached hydrogens (tertiary/aromatic N) is 1. The van der Waals surface area contributed by atoms with E-state index in [9.17, 15) is 0 Å². The average molecular weight is 280 g/mol. The highest BCUT2D eigenvalue weighted by molar-refractivity contribution is 4.88. The molecular formula is C18H36N2. The zero-order valence-electron chi connectivity index (χ0n) is 13.9. The van der Waals surface area contributed by atoms with E-state index < -0.39 is 0 Å². The smallest absolute Gasteiger partial charge is 0.00503 e. The van der Waals surface area contributed by atoms with Gasteiger partial charge < -0.3 is 10.2 Å². The van der Waals surface area contributed by atoms with Crippen LogP contribution in [-0.4, -0.2) is 37.6 Å². The van der Waals surface area contributed by atoms with Crippen LogP contribution in [0.15, 0.2) is 0 Å². The number of nitrogens with one attached hydrogen (secondary N) is 1. The summed E-state index contributed by atoms with van der Waals surface area (Å²) in [7, 11) is 0. The van der Waals surface area contributed by atoms with Gasteiger partial charge in [0.05, 0.1) is 0 Å². The molecule has 0 aromatic carbocycles. The second-order valence-corrected chi connectivity index (χ2v) is 7.37. The summed E-state index contributed by atoms with van der Waals surface area (Å²) < 4.78 is 0. The first kappa shape index (κ1) is 16.3. The Bertz CT molecular complexity index is 252. The molecule has 118 valence electrons. The van der Waals surface area contributed by atoms with Gasteiger partial charge in [0.25, 0.3) is 0 Å². The summed E-state index contributed by atoms with van der Waals surface area (Å²) in [5, 5.41) is 3.68. The van der Waals surface area contributed by atoms with E-state index in [0.29, 0.717) is 5.41 Å². The Morgan fingerprint density at radius 3 is 2.30 bits per heavy atom. The van der Waals surface area contributed by atoms with E-state index in [1.54, 1.807) is 0 Å². The van der Waals surface area contributed by atoms with Gasteiger partial charge in [0, 0.05) is 19.6 Å². The van der Waals surface area contributed by atoms with Crippen LogP contribution in [0.4, 0.5) is 0 Å². The van der Waals surface area contributed by atoms with Crippen molar-refractivity contribution in [1.82, 2.24) is 10.2 Å². The van der Waals surface area contributed by atoms with Crippen LogP contribution in [0.3, 0.4) is 0 Å². The molecule has 2 aliphatic carbocycles. The Morgan fingerprint density at radius 2 is 1.75 bits per heavy atom. The van der Waals surface area contributed by atoms with Crippen molar-refractivity contribution in [3.8, 4) is 0 Å². The number of hydrogen-bond acceptors (Lipinski definition) is 2. The van der Waals surface area contributed by atoms with E-state index in [0.717, 1.165) is 12.5 Å². The molecular weight excluding hydrogens is 244 g/mol. The molecule has 0 aliphatic heterocycles. The molecule has 0 radical (unpaired) electrons. The van der Waals surface area contributed by atoms with E-state index >= 15 is 0 Å². The van der Waals surface area contributed by atoms with Crippen molar-refractivity contribution in [2.75, 3.05) is 32.7 Å². The van der Waals surface area contributed by atoms with Crippen molar-refractivity contribution in [2.24, 2.45) is 11.3 Å². The summed E-state index contributed by atoms with van der Waals surface area (Å²) in [5.41, 5.74) is 0.566. The molecule has 1 N–H and O–H groups in total. The van der Waals surface area contributed by atoms with Crippen molar-refractivity contribution in [3.05, 3.63) is 0 Å². The zero-order chi connectivity index (χ0) is 14.3. The fourth-order valence-corrected chi connectivity index (χ4v) is 3.95. The van der Waals surface area contributed by atoms with Crippen molar-refractivity contribution >= 4 is 0 Å². The lowest BCUT2D eigenvalue weighted by atomic mass is 9.79. The molecule has 20 heavy (non-hydrogen) atoms. The van der Waals surface area contributed by atoms with E-state index in [-0.39, 0.29) is 0 Å². The largest absolute Gasteiger partial charge is 0.316 e. The van der Waals surface area contributed by atoms with Gasteiger partial charge in [0.1, 0.15) is 0 Å². The summed E-state index contributed by atoms with van der Waals surface area (Å²) >= 11 is 0. The predicted octanol–water partition coefficient (Wildman–Crippen LogP) is 4.06. The van der Waals surface area contributed by atoms with Gasteiger partial charge in [0.15, 0.2) is 0 Å². The minimum absolute atomic E-state index is 0.566. The fraction of sp³-hybridized carbons (Fsp3) is 1.00. The fourth-order valence-electron chi connectivity index (χ4n) is 3.95. The first-order valence-corrected chi connectivity index (χ1v) is 9.21. The lowest BCUT2D eigenvalue weighted by Crippen LogP contribution is -2.45. The van der Waals surface area contributed by atoms with Gasteiger partial charge in [-0.25, -0.2) is 0 Å². The molecule has 0 aromatic rings. The number of rotatable bonds is 9. The number of hydrogen-bond donors (Lipinski definition) is 1. The summed E-state index contributed by atoms with van der Waals surface area (Å²) in [5.74, 6) is 1.03. The van der Waals surface area contributed by atoms with Crippen LogP contribution in [0.2, 0.25) is 0 Å². The molecule has 0 aromatic heterocycles. The van der Waals surface area contributed by atoms with E-state index in [1.165, 1.54) is 84.0 Å². The molecule has 2 nitrogen and oxygen atoms in total. The molecule has 0 amide bonds. The SMILES string of the molecule is CCCN(CC1CC1)CC1(CNCC)CCCCCC1. The summed E-state index contributed by atoms with van der Waals surface area (Å²) in [6, 6.07) is 0. The van der Waals surface area contributed by atoms with Gasteiger partial charge in [-0.2, -0.15) is 0 Å². The zero-order valence-corrected chi connectivity index (χ0v) is 13.9. The summed E-state index contributed by atoms with van der Waals surface area (Å²) in [4.78, 5) is 2.81. The molecule has 2 heteroatoms. The van der Waals surface area contributed by atoms with Crippen LogP contribution in [0.1, 0.15) is 71.6 Å². The Balaban J connectivity index is 1.94. The van der Waals surface area contributed by atoms with E-state index in [1.807, 2.05) is 0 Å². The lowest BCUT2D eigenvalue weighted by molar-refractivity contribution is 0.123. The molecule has 2 saturated carbocycles. The van der Waals surface area contributed by atoms with Gasteiger partial charge >= 0.3 is 0 Å². The van der Waals surface area contributed by atoms with Gasteiger partial charge in [-0.1, -0.05) is 39.5 Å². The molecule has 0 bridgehead atoms. The van der Waals surface area contributed by atoms with E-state index in [2.05, 4.69) is 24.1 Å².